The van der Waals surface area contributed by atoms with Crippen molar-refractivity contribution in [1.29, 1.82) is 0 Å². The molecule has 0 aliphatic carbocycles. The number of rotatable bonds is 4. The Hall–Kier alpha value is -1.54. The molecule has 0 heterocycles. The minimum atomic E-state index is -0.196. The van der Waals surface area contributed by atoms with E-state index in [9.17, 15) is 4.39 Å². The number of anilines is 1. The highest BCUT2D eigenvalue weighted by molar-refractivity contribution is 6.17. The first-order valence-corrected chi connectivity index (χ1v) is 6.33. The summed E-state index contributed by atoms with van der Waals surface area (Å²) in [5.41, 5.74) is 3.15. The number of nitrogens with zero attached hydrogens (tertiary/aromatic N) is 1. The molecule has 2 aromatic carbocycles. The van der Waals surface area contributed by atoms with Crippen LogP contribution >= 0.6 is 11.6 Å². The molecule has 2 rings (SSSR count). The lowest BCUT2D eigenvalue weighted by atomic mass is 10.2. The summed E-state index contributed by atoms with van der Waals surface area (Å²) in [6.07, 6.45) is 0. The molecule has 0 unspecified atom stereocenters. The van der Waals surface area contributed by atoms with Crippen LogP contribution < -0.4 is 4.90 Å². The Labute approximate surface area is 112 Å². The Bertz CT molecular complexity index is 510. The van der Waals surface area contributed by atoms with Gasteiger partial charge in [0.15, 0.2) is 0 Å². The van der Waals surface area contributed by atoms with Crippen LogP contribution in [-0.2, 0) is 12.4 Å². The predicted molar refractivity (Wildman–Crippen MR) is 74.5 cm³/mol. The number of benzene rings is 2. The average Bonchev–Trinajstić information content (AvgIpc) is 2.39. The summed E-state index contributed by atoms with van der Waals surface area (Å²) in [5, 5.41) is 0. The van der Waals surface area contributed by atoms with Gasteiger partial charge in [0.1, 0.15) is 5.82 Å². The van der Waals surface area contributed by atoms with Crippen molar-refractivity contribution < 1.29 is 4.39 Å². The smallest absolute Gasteiger partial charge is 0.123 e. The van der Waals surface area contributed by atoms with Crippen molar-refractivity contribution >= 4 is 17.3 Å². The second-order valence-electron chi connectivity index (χ2n) is 4.29. The van der Waals surface area contributed by atoms with Crippen molar-refractivity contribution in [3.05, 3.63) is 65.5 Å². The molecule has 2 aromatic rings. The fourth-order valence-electron chi connectivity index (χ4n) is 1.84. The normalized spacial score (nSPS) is 10.4. The third kappa shape index (κ3) is 3.23. The van der Waals surface area contributed by atoms with Gasteiger partial charge in [-0.15, -0.1) is 11.6 Å². The average molecular weight is 264 g/mol. The molecular weight excluding hydrogens is 249 g/mol. The zero-order chi connectivity index (χ0) is 13.0. The molecule has 0 saturated heterocycles. The van der Waals surface area contributed by atoms with Crippen molar-refractivity contribution in [3.63, 3.8) is 0 Å². The first-order valence-electron chi connectivity index (χ1n) is 5.79. The van der Waals surface area contributed by atoms with Gasteiger partial charge in [0, 0.05) is 25.2 Å². The number of halogens is 2. The summed E-state index contributed by atoms with van der Waals surface area (Å²) >= 11 is 5.75. The van der Waals surface area contributed by atoms with E-state index in [0.717, 1.165) is 16.8 Å². The van der Waals surface area contributed by atoms with Crippen molar-refractivity contribution in [1.82, 2.24) is 0 Å². The van der Waals surface area contributed by atoms with Crippen LogP contribution in [0.15, 0.2) is 48.5 Å². The van der Waals surface area contributed by atoms with Crippen LogP contribution in [0.4, 0.5) is 10.1 Å². The zero-order valence-corrected chi connectivity index (χ0v) is 11.0. The SMILES string of the molecule is CN(Cc1cccc(F)c1)c1ccc(CCl)cc1. The largest absolute Gasteiger partial charge is 0.370 e. The zero-order valence-electron chi connectivity index (χ0n) is 10.2. The molecule has 18 heavy (non-hydrogen) atoms. The highest BCUT2D eigenvalue weighted by Crippen LogP contribution is 2.17. The van der Waals surface area contributed by atoms with Gasteiger partial charge in [-0.25, -0.2) is 4.39 Å². The van der Waals surface area contributed by atoms with Crippen LogP contribution in [0.5, 0.6) is 0 Å². The minimum absolute atomic E-state index is 0.196. The third-order valence-corrected chi connectivity index (χ3v) is 3.15. The maximum Gasteiger partial charge on any atom is 0.123 e. The minimum Gasteiger partial charge on any atom is -0.370 e. The summed E-state index contributed by atoms with van der Waals surface area (Å²) in [4.78, 5) is 2.08. The van der Waals surface area contributed by atoms with E-state index < -0.39 is 0 Å². The standard InChI is InChI=1S/C15H15ClFN/c1-18(11-13-3-2-4-14(17)9-13)15-7-5-12(10-16)6-8-15/h2-9H,10-11H2,1H3. The lowest BCUT2D eigenvalue weighted by Crippen LogP contribution is -2.16. The van der Waals surface area contributed by atoms with Crippen LogP contribution in [0.1, 0.15) is 11.1 Å². The topological polar surface area (TPSA) is 3.24 Å². The van der Waals surface area contributed by atoms with Gasteiger partial charge >= 0.3 is 0 Å². The molecule has 94 valence electrons. The van der Waals surface area contributed by atoms with E-state index in [4.69, 9.17) is 11.6 Å². The van der Waals surface area contributed by atoms with Gasteiger partial charge in [-0.2, -0.15) is 0 Å². The molecule has 1 nitrogen and oxygen atoms in total. The molecule has 0 atom stereocenters. The molecule has 0 N–H and O–H groups in total. The van der Waals surface area contributed by atoms with E-state index in [-0.39, 0.29) is 5.82 Å². The Morgan fingerprint density at radius 2 is 1.78 bits per heavy atom. The predicted octanol–water partition coefficient (Wildman–Crippen LogP) is 4.20. The summed E-state index contributed by atoms with van der Waals surface area (Å²) in [5.74, 6) is 0.326. The van der Waals surface area contributed by atoms with E-state index in [2.05, 4.69) is 4.90 Å². The fourth-order valence-corrected chi connectivity index (χ4v) is 2.02. The van der Waals surface area contributed by atoms with Crippen molar-refractivity contribution in [2.24, 2.45) is 0 Å². The first-order chi connectivity index (χ1) is 8.69. The quantitative estimate of drug-likeness (QED) is 0.748. The molecule has 0 saturated carbocycles. The van der Waals surface area contributed by atoms with Gasteiger partial charge < -0.3 is 4.90 Å². The monoisotopic (exact) mass is 263 g/mol. The Balaban J connectivity index is 2.09. The van der Waals surface area contributed by atoms with Crippen molar-refractivity contribution in [2.45, 2.75) is 12.4 Å². The summed E-state index contributed by atoms with van der Waals surface area (Å²) in [6.45, 7) is 0.679. The first kappa shape index (κ1) is 12.9. The van der Waals surface area contributed by atoms with Crippen LogP contribution in [0.2, 0.25) is 0 Å². The second-order valence-corrected chi connectivity index (χ2v) is 4.55. The third-order valence-electron chi connectivity index (χ3n) is 2.84. The molecule has 0 aliphatic heterocycles. The molecule has 0 bridgehead atoms. The fraction of sp³-hybridized carbons (Fsp3) is 0.200. The molecule has 0 amide bonds. The van der Waals surface area contributed by atoms with Crippen LogP contribution in [0.25, 0.3) is 0 Å². The van der Waals surface area contributed by atoms with Gasteiger partial charge in [0.25, 0.3) is 0 Å². The maximum absolute atomic E-state index is 13.1. The van der Waals surface area contributed by atoms with E-state index in [1.807, 2.05) is 37.4 Å². The van der Waals surface area contributed by atoms with E-state index in [1.165, 1.54) is 6.07 Å². The summed E-state index contributed by atoms with van der Waals surface area (Å²) < 4.78 is 13.1. The number of hydrogen-bond acceptors (Lipinski definition) is 1. The molecule has 0 radical (unpaired) electrons. The van der Waals surface area contributed by atoms with E-state index >= 15 is 0 Å². The van der Waals surface area contributed by atoms with Gasteiger partial charge in [-0.1, -0.05) is 24.3 Å². The van der Waals surface area contributed by atoms with E-state index in [0.29, 0.717) is 12.4 Å². The van der Waals surface area contributed by atoms with Gasteiger partial charge in [0.05, 0.1) is 0 Å². The Kier molecular flexibility index (Phi) is 4.21. The van der Waals surface area contributed by atoms with Crippen molar-refractivity contribution in [2.75, 3.05) is 11.9 Å². The number of hydrogen-bond donors (Lipinski definition) is 0. The van der Waals surface area contributed by atoms with Crippen molar-refractivity contribution in [3.8, 4) is 0 Å². The van der Waals surface area contributed by atoms with Gasteiger partial charge in [-0.05, 0) is 35.4 Å². The van der Waals surface area contributed by atoms with Gasteiger partial charge in [0.2, 0.25) is 0 Å². The number of alkyl halides is 1. The summed E-state index contributed by atoms with van der Waals surface area (Å²) in [6, 6.07) is 14.7. The molecule has 0 aromatic heterocycles. The van der Waals surface area contributed by atoms with Crippen LogP contribution in [0, 0.1) is 5.82 Å². The van der Waals surface area contributed by atoms with Crippen LogP contribution in [-0.4, -0.2) is 7.05 Å². The lowest BCUT2D eigenvalue weighted by Gasteiger charge is -2.19. The molecule has 0 aliphatic rings. The maximum atomic E-state index is 13.1. The van der Waals surface area contributed by atoms with E-state index in [1.54, 1.807) is 12.1 Å². The van der Waals surface area contributed by atoms with Crippen LogP contribution in [0.3, 0.4) is 0 Å². The lowest BCUT2D eigenvalue weighted by molar-refractivity contribution is 0.625. The van der Waals surface area contributed by atoms with Gasteiger partial charge in [-0.3, -0.25) is 0 Å². The highest BCUT2D eigenvalue weighted by atomic mass is 35.5. The Morgan fingerprint density at radius 3 is 2.39 bits per heavy atom. The molecule has 0 fully saturated rings. The Morgan fingerprint density at radius 1 is 1.06 bits per heavy atom. The highest BCUT2D eigenvalue weighted by Gasteiger charge is 2.03. The molecular formula is C15H15ClFN. The summed E-state index contributed by atoms with van der Waals surface area (Å²) in [7, 11) is 1.99. The molecule has 3 heteroatoms. The molecule has 0 spiro atoms. The second kappa shape index (κ2) is 5.87.